The molecule has 4 rings (SSSR count). The van der Waals surface area contributed by atoms with Gasteiger partial charge in [-0.3, -0.25) is 6.08 Å². The second-order valence-electron chi connectivity index (χ2n) is 5.42. The van der Waals surface area contributed by atoms with E-state index in [1.54, 1.807) is 0 Å². The molecule has 0 nitrogen and oxygen atoms in total. The Morgan fingerprint density at radius 3 is 2.14 bits per heavy atom. The molecule has 2 aromatic carbocycles. The van der Waals surface area contributed by atoms with Crippen molar-refractivity contribution in [3.63, 3.8) is 0 Å². The first-order valence-electron chi connectivity index (χ1n) is 7.30. The Morgan fingerprint density at radius 2 is 1.55 bits per heavy atom. The van der Waals surface area contributed by atoms with Crippen LogP contribution in [0, 0.1) is 12.0 Å². The van der Waals surface area contributed by atoms with E-state index in [-0.39, 0.29) is 51.0 Å². The van der Waals surface area contributed by atoms with E-state index in [1.807, 2.05) is 30.3 Å². The molecule has 0 N–H and O–H groups in total. The first-order chi connectivity index (χ1) is 9.45. The number of fused-ring (bicyclic) bond motifs is 1. The minimum Gasteiger partial charge on any atom is -1.00 e. The maximum Gasteiger partial charge on any atom is 4.00 e. The zero-order chi connectivity index (χ0) is 12.9. The molecule has 114 valence electrons. The fourth-order valence-corrected chi connectivity index (χ4v) is 3.20. The number of hydrogen-bond acceptors (Lipinski definition) is 0. The quantitative estimate of drug-likeness (QED) is 0.541. The topological polar surface area (TPSA) is 0 Å². The summed E-state index contributed by atoms with van der Waals surface area (Å²) in [5.41, 5.74) is 2.91. The zero-order valence-corrected chi connectivity index (χ0v) is 16.5. The second-order valence-corrected chi connectivity index (χ2v) is 5.42. The Hall–Kier alpha value is -0.227. The van der Waals surface area contributed by atoms with Crippen molar-refractivity contribution in [2.24, 2.45) is 5.92 Å². The zero-order valence-electron chi connectivity index (χ0n) is 12.5. The van der Waals surface area contributed by atoms with Gasteiger partial charge in [0.1, 0.15) is 0 Å². The van der Waals surface area contributed by atoms with Crippen LogP contribution in [0.4, 0.5) is 0 Å². The van der Waals surface area contributed by atoms with Gasteiger partial charge in [0, 0.05) is 0 Å². The first kappa shape index (κ1) is 21.8. The molecule has 0 heterocycles. The van der Waals surface area contributed by atoms with Crippen molar-refractivity contribution in [2.75, 3.05) is 0 Å². The Morgan fingerprint density at radius 1 is 0.909 bits per heavy atom. The molecule has 0 saturated heterocycles. The fraction of sp³-hybridized carbons (Fsp3) is 0.316. The molecule has 2 aliphatic rings. The van der Waals surface area contributed by atoms with E-state index in [2.05, 4.69) is 36.4 Å². The number of hydrogen-bond donors (Lipinski definition) is 0. The molecule has 0 aliphatic heterocycles. The Labute approximate surface area is 165 Å². The summed E-state index contributed by atoms with van der Waals surface area (Å²) in [6.07, 6.45) is 11.4. The van der Waals surface area contributed by atoms with E-state index in [4.69, 9.17) is 0 Å². The van der Waals surface area contributed by atoms with Gasteiger partial charge in [0.15, 0.2) is 0 Å². The fourth-order valence-electron chi connectivity index (χ4n) is 3.20. The van der Waals surface area contributed by atoms with Crippen LogP contribution >= 0.6 is 0 Å². The Bertz CT molecular complexity index is 511. The molecular formula is C19H20Cl2Zr. The van der Waals surface area contributed by atoms with Gasteiger partial charge in [0.2, 0.25) is 0 Å². The molecule has 1 atom stereocenters. The summed E-state index contributed by atoms with van der Waals surface area (Å²) in [5.74, 6) is 1.48. The van der Waals surface area contributed by atoms with E-state index >= 15 is 0 Å². The summed E-state index contributed by atoms with van der Waals surface area (Å²) in [5, 5.41) is 0. The summed E-state index contributed by atoms with van der Waals surface area (Å²) in [6.45, 7) is 0. The van der Waals surface area contributed by atoms with Crippen LogP contribution in [0.3, 0.4) is 0 Å². The molecule has 0 aromatic heterocycles. The molecule has 3 heteroatoms. The Kier molecular flexibility index (Phi) is 11.2. The van der Waals surface area contributed by atoms with E-state index in [0.717, 1.165) is 5.92 Å². The van der Waals surface area contributed by atoms with Gasteiger partial charge in [-0.05, 0) is 5.92 Å². The van der Waals surface area contributed by atoms with Gasteiger partial charge < -0.3 is 24.8 Å². The minimum atomic E-state index is 0. The number of benzene rings is 1. The van der Waals surface area contributed by atoms with E-state index in [1.165, 1.54) is 36.8 Å². The smallest absolute Gasteiger partial charge is 1.00 e. The maximum absolute atomic E-state index is 3.54. The van der Waals surface area contributed by atoms with Crippen molar-refractivity contribution in [1.82, 2.24) is 0 Å². The molecule has 2 aromatic rings. The third kappa shape index (κ3) is 5.45. The van der Waals surface area contributed by atoms with Gasteiger partial charge in [-0.25, -0.2) is 18.2 Å². The van der Waals surface area contributed by atoms with Crippen molar-refractivity contribution in [1.29, 1.82) is 0 Å². The van der Waals surface area contributed by atoms with Gasteiger partial charge in [0.25, 0.3) is 0 Å². The molecule has 0 radical (unpaired) electrons. The van der Waals surface area contributed by atoms with Gasteiger partial charge in [-0.2, -0.15) is 23.8 Å². The summed E-state index contributed by atoms with van der Waals surface area (Å²) in [4.78, 5) is 0. The number of rotatable bonds is 1. The predicted molar refractivity (Wildman–Crippen MR) is 80.9 cm³/mol. The standard InChI is InChI=1S/C14H15.C5H5.2ClH.Zr/c1-2-6-11(5-1)14-10-9-12-7-3-4-8-13(12)14;1-2-4-5-3-1;;;/h3-4,7-9,11,14H,1-2,5-6H2;1-5H;2*1H;/q2*-1;;;+4/p-2. The number of allylic oxidation sites excluding steroid dienone is 1. The summed E-state index contributed by atoms with van der Waals surface area (Å²) in [7, 11) is 0. The molecule has 2 aliphatic carbocycles. The van der Waals surface area contributed by atoms with E-state index in [0.29, 0.717) is 5.92 Å². The average Bonchev–Trinajstić information content (AvgIpc) is 3.21. The average molecular weight is 410 g/mol. The van der Waals surface area contributed by atoms with Crippen LogP contribution in [0.5, 0.6) is 0 Å². The molecule has 1 unspecified atom stereocenters. The normalized spacial score (nSPS) is 18.1. The molecule has 1 saturated carbocycles. The van der Waals surface area contributed by atoms with Crippen LogP contribution in [0.25, 0.3) is 6.08 Å². The second kappa shape index (κ2) is 11.3. The van der Waals surface area contributed by atoms with Crippen LogP contribution in [0.1, 0.15) is 42.7 Å². The molecular weight excluding hydrogens is 390 g/mol. The molecule has 0 bridgehead atoms. The van der Waals surface area contributed by atoms with Crippen LogP contribution in [0.15, 0.2) is 54.6 Å². The summed E-state index contributed by atoms with van der Waals surface area (Å²) in [6, 6.07) is 18.8. The maximum atomic E-state index is 3.54. The van der Waals surface area contributed by atoms with Gasteiger partial charge in [0.05, 0.1) is 0 Å². The molecule has 1 fully saturated rings. The van der Waals surface area contributed by atoms with Crippen LogP contribution < -0.4 is 24.8 Å². The van der Waals surface area contributed by atoms with Crippen LogP contribution in [-0.2, 0) is 26.2 Å². The van der Waals surface area contributed by atoms with Gasteiger partial charge in [-0.15, -0.1) is 11.6 Å². The SMILES string of the molecule is [C-]1=Cc2ccccc2C1C1CCCC1.[Cl-].[Cl-].[Zr+4].c1cc[cH-]c1. The molecule has 0 spiro atoms. The van der Waals surface area contributed by atoms with Crippen molar-refractivity contribution in [2.45, 2.75) is 31.6 Å². The summed E-state index contributed by atoms with van der Waals surface area (Å²) >= 11 is 0. The van der Waals surface area contributed by atoms with E-state index in [9.17, 15) is 0 Å². The third-order valence-corrected chi connectivity index (χ3v) is 4.18. The van der Waals surface area contributed by atoms with Crippen molar-refractivity contribution >= 4 is 6.08 Å². The minimum absolute atomic E-state index is 0. The first-order valence-corrected chi connectivity index (χ1v) is 7.30. The molecule has 0 amide bonds. The monoisotopic (exact) mass is 408 g/mol. The van der Waals surface area contributed by atoms with Crippen LogP contribution in [0.2, 0.25) is 0 Å². The van der Waals surface area contributed by atoms with E-state index < -0.39 is 0 Å². The number of halogens is 2. The van der Waals surface area contributed by atoms with Crippen molar-refractivity contribution in [3.05, 3.63) is 71.8 Å². The van der Waals surface area contributed by atoms with Crippen molar-refractivity contribution in [3.8, 4) is 0 Å². The Balaban J connectivity index is 0.000000482. The summed E-state index contributed by atoms with van der Waals surface area (Å²) < 4.78 is 0. The molecule has 22 heavy (non-hydrogen) atoms. The third-order valence-electron chi connectivity index (χ3n) is 4.18. The van der Waals surface area contributed by atoms with Crippen LogP contribution in [-0.4, -0.2) is 0 Å². The van der Waals surface area contributed by atoms with Gasteiger partial charge >= 0.3 is 26.2 Å². The largest absolute Gasteiger partial charge is 4.00 e. The van der Waals surface area contributed by atoms with Crippen molar-refractivity contribution < 1.29 is 51.0 Å². The van der Waals surface area contributed by atoms with Gasteiger partial charge in [-0.1, -0.05) is 49.8 Å². The predicted octanol–water partition coefficient (Wildman–Crippen LogP) is -0.799.